The molecular formula is C14H28N2. The maximum Gasteiger partial charge on any atom is 0.00671 e. The summed E-state index contributed by atoms with van der Waals surface area (Å²) in [4.78, 5) is 0. The zero-order chi connectivity index (χ0) is 11.1. The Kier molecular flexibility index (Phi) is 5.64. The highest BCUT2D eigenvalue weighted by Gasteiger charge is 2.15. The zero-order valence-electron chi connectivity index (χ0n) is 10.6. The van der Waals surface area contributed by atoms with Gasteiger partial charge in [-0.15, -0.1) is 0 Å². The van der Waals surface area contributed by atoms with Crippen LogP contribution in [0.5, 0.6) is 0 Å². The summed E-state index contributed by atoms with van der Waals surface area (Å²) in [5.74, 6) is 0.937. The first-order valence-corrected chi connectivity index (χ1v) is 7.39. The molecule has 0 spiro atoms. The lowest BCUT2D eigenvalue weighted by atomic mass is 9.94. The summed E-state index contributed by atoms with van der Waals surface area (Å²) in [6, 6.07) is 0.829. The van der Waals surface area contributed by atoms with Crippen molar-refractivity contribution in [3.8, 4) is 0 Å². The van der Waals surface area contributed by atoms with Crippen molar-refractivity contribution in [2.75, 3.05) is 19.6 Å². The summed E-state index contributed by atoms with van der Waals surface area (Å²) >= 11 is 0. The molecule has 2 heteroatoms. The summed E-state index contributed by atoms with van der Waals surface area (Å²) in [5, 5.41) is 7.27. The fourth-order valence-corrected chi connectivity index (χ4v) is 3.08. The van der Waals surface area contributed by atoms with Crippen LogP contribution in [-0.4, -0.2) is 25.7 Å². The van der Waals surface area contributed by atoms with Crippen molar-refractivity contribution in [1.29, 1.82) is 0 Å². The molecule has 2 aliphatic rings. The van der Waals surface area contributed by atoms with E-state index in [4.69, 9.17) is 0 Å². The van der Waals surface area contributed by atoms with Crippen molar-refractivity contribution in [1.82, 2.24) is 10.6 Å². The maximum absolute atomic E-state index is 3.83. The van der Waals surface area contributed by atoms with Crippen LogP contribution in [0.1, 0.15) is 57.8 Å². The molecule has 1 heterocycles. The van der Waals surface area contributed by atoms with Crippen LogP contribution in [0.4, 0.5) is 0 Å². The molecule has 94 valence electrons. The monoisotopic (exact) mass is 224 g/mol. The summed E-state index contributed by atoms with van der Waals surface area (Å²) in [6.07, 6.45) is 12.9. The van der Waals surface area contributed by atoms with Crippen LogP contribution in [0.3, 0.4) is 0 Å². The highest BCUT2D eigenvalue weighted by atomic mass is 14.9. The van der Waals surface area contributed by atoms with Crippen molar-refractivity contribution >= 4 is 0 Å². The fraction of sp³-hybridized carbons (Fsp3) is 1.00. The van der Waals surface area contributed by atoms with E-state index >= 15 is 0 Å². The van der Waals surface area contributed by atoms with Gasteiger partial charge < -0.3 is 10.6 Å². The Labute approximate surface area is 101 Å². The minimum absolute atomic E-state index is 0.829. The molecule has 1 aliphatic heterocycles. The lowest BCUT2D eigenvalue weighted by Crippen LogP contribution is -2.38. The Balaban J connectivity index is 1.62. The molecule has 0 amide bonds. The summed E-state index contributed by atoms with van der Waals surface area (Å²) in [5.41, 5.74) is 0. The van der Waals surface area contributed by atoms with Gasteiger partial charge in [-0.25, -0.2) is 0 Å². The van der Waals surface area contributed by atoms with Gasteiger partial charge in [0.1, 0.15) is 0 Å². The zero-order valence-corrected chi connectivity index (χ0v) is 10.6. The molecule has 2 nitrogen and oxygen atoms in total. The number of rotatable bonds is 3. The SMILES string of the molecule is C1CCCC(NCC2CCNCC2)CCC1. The van der Waals surface area contributed by atoms with Gasteiger partial charge in [-0.1, -0.05) is 32.1 Å². The predicted molar refractivity (Wildman–Crippen MR) is 69.7 cm³/mol. The minimum Gasteiger partial charge on any atom is -0.317 e. The summed E-state index contributed by atoms with van der Waals surface area (Å²) in [6.45, 7) is 3.74. The second-order valence-corrected chi connectivity index (χ2v) is 5.64. The number of nitrogens with one attached hydrogen (secondary N) is 2. The second-order valence-electron chi connectivity index (χ2n) is 5.64. The molecule has 0 aromatic heterocycles. The molecule has 1 saturated heterocycles. The predicted octanol–water partition coefficient (Wildman–Crippen LogP) is 2.69. The summed E-state index contributed by atoms with van der Waals surface area (Å²) in [7, 11) is 0. The van der Waals surface area contributed by atoms with E-state index in [9.17, 15) is 0 Å². The van der Waals surface area contributed by atoms with E-state index in [2.05, 4.69) is 10.6 Å². The molecule has 16 heavy (non-hydrogen) atoms. The van der Waals surface area contributed by atoms with Gasteiger partial charge in [0.25, 0.3) is 0 Å². The molecule has 1 aliphatic carbocycles. The first-order valence-electron chi connectivity index (χ1n) is 7.39. The first-order chi connectivity index (χ1) is 7.95. The third-order valence-electron chi connectivity index (χ3n) is 4.26. The quantitative estimate of drug-likeness (QED) is 0.770. The molecular weight excluding hydrogens is 196 g/mol. The van der Waals surface area contributed by atoms with Crippen molar-refractivity contribution in [3.05, 3.63) is 0 Å². The van der Waals surface area contributed by atoms with Gasteiger partial charge in [0.05, 0.1) is 0 Å². The highest BCUT2D eigenvalue weighted by Crippen LogP contribution is 2.18. The molecule has 2 rings (SSSR count). The van der Waals surface area contributed by atoms with E-state index in [1.807, 2.05) is 0 Å². The van der Waals surface area contributed by atoms with E-state index in [0.717, 1.165) is 12.0 Å². The van der Waals surface area contributed by atoms with E-state index in [1.54, 1.807) is 0 Å². The average Bonchev–Trinajstić information content (AvgIpc) is 2.29. The average molecular weight is 224 g/mol. The van der Waals surface area contributed by atoms with Crippen LogP contribution in [0.2, 0.25) is 0 Å². The molecule has 0 atom stereocenters. The van der Waals surface area contributed by atoms with E-state index in [-0.39, 0.29) is 0 Å². The van der Waals surface area contributed by atoms with Gasteiger partial charge in [-0.2, -0.15) is 0 Å². The van der Waals surface area contributed by atoms with Crippen LogP contribution < -0.4 is 10.6 Å². The van der Waals surface area contributed by atoms with Gasteiger partial charge in [0.2, 0.25) is 0 Å². The van der Waals surface area contributed by atoms with E-state index in [0.29, 0.717) is 0 Å². The number of hydrogen-bond acceptors (Lipinski definition) is 2. The van der Waals surface area contributed by atoms with E-state index < -0.39 is 0 Å². The Morgan fingerprint density at radius 3 is 2.12 bits per heavy atom. The molecule has 0 unspecified atom stereocenters. The normalized spacial score (nSPS) is 26.2. The van der Waals surface area contributed by atoms with Gasteiger partial charge in [0, 0.05) is 6.04 Å². The smallest absolute Gasteiger partial charge is 0.00671 e. The molecule has 2 fully saturated rings. The largest absolute Gasteiger partial charge is 0.317 e. The molecule has 0 aromatic carbocycles. The molecule has 1 saturated carbocycles. The van der Waals surface area contributed by atoms with Crippen molar-refractivity contribution in [3.63, 3.8) is 0 Å². The van der Waals surface area contributed by atoms with Crippen molar-refractivity contribution in [2.45, 2.75) is 63.8 Å². The van der Waals surface area contributed by atoms with Crippen molar-refractivity contribution < 1.29 is 0 Å². The fourth-order valence-electron chi connectivity index (χ4n) is 3.08. The first kappa shape index (κ1) is 12.4. The Hall–Kier alpha value is -0.0800. The van der Waals surface area contributed by atoms with Crippen LogP contribution >= 0.6 is 0 Å². The van der Waals surface area contributed by atoms with Gasteiger partial charge >= 0.3 is 0 Å². The van der Waals surface area contributed by atoms with Crippen LogP contribution in [0, 0.1) is 5.92 Å². The van der Waals surface area contributed by atoms with Gasteiger partial charge in [0.15, 0.2) is 0 Å². The third-order valence-corrected chi connectivity index (χ3v) is 4.26. The topological polar surface area (TPSA) is 24.1 Å². The lowest BCUT2D eigenvalue weighted by Gasteiger charge is -2.27. The van der Waals surface area contributed by atoms with Gasteiger partial charge in [-0.05, 0) is 51.2 Å². The highest BCUT2D eigenvalue weighted by molar-refractivity contribution is 4.75. The van der Waals surface area contributed by atoms with E-state index in [1.165, 1.54) is 77.4 Å². The Morgan fingerprint density at radius 2 is 1.44 bits per heavy atom. The van der Waals surface area contributed by atoms with Crippen LogP contribution in [-0.2, 0) is 0 Å². The Bertz CT molecular complexity index is 168. The lowest BCUT2D eigenvalue weighted by molar-refractivity contribution is 0.316. The molecule has 0 radical (unpaired) electrons. The third kappa shape index (κ3) is 4.42. The standard InChI is InChI=1S/C14H28N2/c1-2-4-6-14(7-5-3-1)16-12-13-8-10-15-11-9-13/h13-16H,1-12H2. The van der Waals surface area contributed by atoms with Crippen molar-refractivity contribution in [2.24, 2.45) is 5.92 Å². The molecule has 0 aromatic rings. The van der Waals surface area contributed by atoms with Crippen LogP contribution in [0.15, 0.2) is 0 Å². The van der Waals surface area contributed by atoms with Gasteiger partial charge in [-0.3, -0.25) is 0 Å². The Morgan fingerprint density at radius 1 is 0.812 bits per heavy atom. The summed E-state index contributed by atoms with van der Waals surface area (Å²) < 4.78 is 0. The van der Waals surface area contributed by atoms with Crippen LogP contribution in [0.25, 0.3) is 0 Å². The molecule has 2 N–H and O–H groups in total. The minimum atomic E-state index is 0.829. The molecule has 0 bridgehead atoms. The number of hydrogen-bond donors (Lipinski definition) is 2. The second kappa shape index (κ2) is 7.29. The number of piperidine rings is 1. The maximum atomic E-state index is 3.83.